The SMILES string of the molecule is CCC(C)CS(=O)(=O)NC(C)C(O)c1ccc(F)cc1. The minimum absolute atomic E-state index is 0.0317. The Morgan fingerprint density at radius 3 is 2.30 bits per heavy atom. The van der Waals surface area contributed by atoms with Gasteiger partial charge in [0.15, 0.2) is 0 Å². The summed E-state index contributed by atoms with van der Waals surface area (Å²) in [5, 5.41) is 10.1. The van der Waals surface area contributed by atoms with E-state index < -0.39 is 28.0 Å². The second-order valence-electron chi connectivity index (χ2n) is 5.20. The molecule has 0 bridgehead atoms. The highest BCUT2D eigenvalue weighted by Gasteiger charge is 2.23. The smallest absolute Gasteiger partial charge is 0.212 e. The number of benzene rings is 1. The molecule has 6 heteroatoms. The van der Waals surface area contributed by atoms with Gasteiger partial charge in [-0.2, -0.15) is 0 Å². The predicted octanol–water partition coefficient (Wildman–Crippen LogP) is 2.21. The second-order valence-corrected chi connectivity index (χ2v) is 7.00. The molecule has 0 spiro atoms. The Kier molecular flexibility index (Phi) is 6.10. The highest BCUT2D eigenvalue weighted by Crippen LogP contribution is 2.18. The van der Waals surface area contributed by atoms with Gasteiger partial charge in [-0.15, -0.1) is 0 Å². The van der Waals surface area contributed by atoms with Crippen LogP contribution < -0.4 is 4.72 Å². The Morgan fingerprint density at radius 2 is 1.80 bits per heavy atom. The molecule has 0 aromatic heterocycles. The number of aliphatic hydroxyl groups excluding tert-OH is 1. The fourth-order valence-electron chi connectivity index (χ4n) is 1.84. The Bertz CT molecular complexity index is 516. The third kappa shape index (κ3) is 5.19. The average molecular weight is 303 g/mol. The first-order valence-electron chi connectivity index (χ1n) is 6.68. The van der Waals surface area contributed by atoms with Gasteiger partial charge >= 0.3 is 0 Å². The molecule has 0 heterocycles. The number of rotatable bonds is 7. The van der Waals surface area contributed by atoms with Crippen molar-refractivity contribution in [1.29, 1.82) is 0 Å². The van der Waals surface area contributed by atoms with Crippen molar-refractivity contribution in [2.45, 2.75) is 39.3 Å². The quantitative estimate of drug-likeness (QED) is 0.811. The molecule has 0 aliphatic carbocycles. The summed E-state index contributed by atoms with van der Waals surface area (Å²) in [6, 6.07) is 4.69. The van der Waals surface area contributed by atoms with E-state index in [1.807, 2.05) is 13.8 Å². The second kappa shape index (κ2) is 7.15. The standard InChI is InChI=1S/C14H22FNO3S/c1-4-10(2)9-20(18,19)16-11(3)14(17)12-5-7-13(15)8-6-12/h5-8,10-11,14,16-17H,4,9H2,1-3H3. The molecule has 0 radical (unpaired) electrons. The van der Waals surface area contributed by atoms with Crippen LogP contribution in [0.2, 0.25) is 0 Å². The van der Waals surface area contributed by atoms with Gasteiger partial charge in [0.05, 0.1) is 11.9 Å². The molecule has 0 aliphatic heterocycles. The first-order valence-corrected chi connectivity index (χ1v) is 8.34. The van der Waals surface area contributed by atoms with Gasteiger partial charge in [-0.1, -0.05) is 32.4 Å². The molecular formula is C14H22FNO3S. The van der Waals surface area contributed by atoms with Crippen LogP contribution in [0.1, 0.15) is 38.9 Å². The number of sulfonamides is 1. The van der Waals surface area contributed by atoms with Gasteiger partial charge in [-0.05, 0) is 30.5 Å². The molecule has 3 atom stereocenters. The lowest BCUT2D eigenvalue weighted by atomic mass is 10.0. The normalized spacial score (nSPS) is 16.6. The van der Waals surface area contributed by atoms with Crippen molar-refractivity contribution in [3.8, 4) is 0 Å². The first kappa shape index (κ1) is 17.1. The third-order valence-electron chi connectivity index (χ3n) is 3.25. The van der Waals surface area contributed by atoms with Crippen molar-refractivity contribution in [2.24, 2.45) is 5.92 Å². The fraction of sp³-hybridized carbons (Fsp3) is 0.571. The minimum atomic E-state index is -3.44. The largest absolute Gasteiger partial charge is 0.387 e. The van der Waals surface area contributed by atoms with Gasteiger partial charge in [0, 0.05) is 6.04 Å². The molecule has 0 fully saturated rings. The molecule has 114 valence electrons. The van der Waals surface area contributed by atoms with E-state index in [0.717, 1.165) is 6.42 Å². The van der Waals surface area contributed by atoms with E-state index in [-0.39, 0.29) is 11.7 Å². The topological polar surface area (TPSA) is 66.4 Å². The molecule has 1 rings (SSSR count). The lowest BCUT2D eigenvalue weighted by molar-refractivity contribution is 0.146. The monoisotopic (exact) mass is 303 g/mol. The summed E-state index contributed by atoms with van der Waals surface area (Å²) in [4.78, 5) is 0. The van der Waals surface area contributed by atoms with E-state index in [4.69, 9.17) is 0 Å². The van der Waals surface area contributed by atoms with E-state index in [1.54, 1.807) is 6.92 Å². The van der Waals surface area contributed by atoms with Crippen LogP contribution in [0.3, 0.4) is 0 Å². The molecule has 3 unspecified atom stereocenters. The third-order valence-corrected chi connectivity index (χ3v) is 4.99. The Hall–Kier alpha value is -0.980. The van der Waals surface area contributed by atoms with Crippen molar-refractivity contribution in [2.75, 3.05) is 5.75 Å². The van der Waals surface area contributed by atoms with Gasteiger partial charge in [-0.3, -0.25) is 0 Å². The van der Waals surface area contributed by atoms with Gasteiger partial charge in [-0.25, -0.2) is 17.5 Å². The van der Waals surface area contributed by atoms with Gasteiger partial charge in [0.25, 0.3) is 0 Å². The summed E-state index contributed by atoms with van der Waals surface area (Å²) >= 11 is 0. The van der Waals surface area contributed by atoms with Crippen molar-refractivity contribution in [3.63, 3.8) is 0 Å². The van der Waals surface area contributed by atoms with Crippen LogP contribution >= 0.6 is 0 Å². The first-order chi connectivity index (χ1) is 9.25. The maximum atomic E-state index is 12.8. The van der Waals surface area contributed by atoms with Gasteiger partial charge in [0.1, 0.15) is 5.82 Å². The maximum absolute atomic E-state index is 12.8. The fourth-order valence-corrected chi connectivity index (χ4v) is 3.61. The van der Waals surface area contributed by atoms with Crippen LogP contribution in [-0.4, -0.2) is 25.3 Å². The van der Waals surface area contributed by atoms with E-state index in [0.29, 0.717) is 5.56 Å². The summed E-state index contributed by atoms with van der Waals surface area (Å²) in [7, 11) is -3.44. The van der Waals surface area contributed by atoms with Crippen LogP contribution in [0.5, 0.6) is 0 Å². The Labute approximate surface area is 120 Å². The zero-order chi connectivity index (χ0) is 15.3. The summed E-state index contributed by atoms with van der Waals surface area (Å²) < 4.78 is 39.1. The molecular weight excluding hydrogens is 281 g/mol. The van der Waals surface area contributed by atoms with E-state index in [1.165, 1.54) is 24.3 Å². The summed E-state index contributed by atoms with van der Waals surface area (Å²) in [6.07, 6.45) is -0.238. The maximum Gasteiger partial charge on any atom is 0.212 e. The number of hydrogen-bond donors (Lipinski definition) is 2. The molecule has 20 heavy (non-hydrogen) atoms. The van der Waals surface area contributed by atoms with Crippen molar-refractivity contribution >= 4 is 10.0 Å². The summed E-state index contributed by atoms with van der Waals surface area (Å²) in [6.45, 7) is 5.37. The van der Waals surface area contributed by atoms with Crippen molar-refractivity contribution in [1.82, 2.24) is 4.72 Å². The van der Waals surface area contributed by atoms with E-state index in [9.17, 15) is 17.9 Å². The Balaban J connectivity index is 2.70. The van der Waals surface area contributed by atoms with Gasteiger partial charge < -0.3 is 5.11 Å². The minimum Gasteiger partial charge on any atom is -0.387 e. The van der Waals surface area contributed by atoms with Crippen LogP contribution in [0.15, 0.2) is 24.3 Å². The lowest BCUT2D eigenvalue weighted by Crippen LogP contribution is -2.39. The molecule has 0 saturated carbocycles. The summed E-state index contributed by atoms with van der Waals surface area (Å²) in [5.74, 6) is -0.308. The highest BCUT2D eigenvalue weighted by atomic mass is 32.2. The summed E-state index contributed by atoms with van der Waals surface area (Å²) in [5.41, 5.74) is 0.477. The molecule has 0 amide bonds. The number of halogens is 1. The number of aliphatic hydroxyl groups is 1. The zero-order valence-electron chi connectivity index (χ0n) is 12.0. The van der Waals surface area contributed by atoms with E-state index in [2.05, 4.69) is 4.72 Å². The number of nitrogens with one attached hydrogen (secondary N) is 1. The molecule has 0 saturated heterocycles. The van der Waals surface area contributed by atoms with Crippen LogP contribution in [0.25, 0.3) is 0 Å². The zero-order valence-corrected chi connectivity index (χ0v) is 12.8. The Morgan fingerprint density at radius 1 is 1.25 bits per heavy atom. The van der Waals surface area contributed by atoms with Crippen LogP contribution in [0, 0.1) is 11.7 Å². The molecule has 4 nitrogen and oxygen atoms in total. The number of hydrogen-bond acceptors (Lipinski definition) is 3. The van der Waals surface area contributed by atoms with Crippen molar-refractivity contribution < 1.29 is 17.9 Å². The molecule has 1 aromatic rings. The highest BCUT2D eigenvalue weighted by molar-refractivity contribution is 7.89. The molecule has 2 N–H and O–H groups in total. The van der Waals surface area contributed by atoms with Gasteiger partial charge in [0.2, 0.25) is 10.0 Å². The van der Waals surface area contributed by atoms with E-state index >= 15 is 0 Å². The van der Waals surface area contributed by atoms with Crippen LogP contribution in [0.4, 0.5) is 4.39 Å². The lowest BCUT2D eigenvalue weighted by Gasteiger charge is -2.21. The van der Waals surface area contributed by atoms with Crippen LogP contribution in [-0.2, 0) is 10.0 Å². The molecule has 0 aliphatic rings. The van der Waals surface area contributed by atoms with Crippen molar-refractivity contribution in [3.05, 3.63) is 35.6 Å². The molecule has 1 aromatic carbocycles. The predicted molar refractivity (Wildman–Crippen MR) is 77.2 cm³/mol. The average Bonchev–Trinajstić information content (AvgIpc) is 2.37.